The molecule has 0 spiro atoms. The highest BCUT2D eigenvalue weighted by Crippen LogP contribution is 2.35. The number of aromatic nitrogens is 3. The van der Waals surface area contributed by atoms with Crippen LogP contribution in [-0.2, 0) is 0 Å². The van der Waals surface area contributed by atoms with Crippen molar-refractivity contribution in [2.24, 2.45) is 0 Å². The molecule has 0 aliphatic rings. The summed E-state index contributed by atoms with van der Waals surface area (Å²) in [6, 6.07) is 44.5. The quantitative estimate of drug-likeness (QED) is 0.136. The summed E-state index contributed by atoms with van der Waals surface area (Å²) in [6.07, 6.45) is 7.77. The van der Waals surface area contributed by atoms with E-state index in [2.05, 4.69) is 24.3 Å². The van der Waals surface area contributed by atoms with Gasteiger partial charge in [0.15, 0.2) is 17.5 Å². The highest BCUT2D eigenvalue weighted by atomic mass is 16.3. The summed E-state index contributed by atoms with van der Waals surface area (Å²) in [6.45, 7) is 1.86. The number of para-hydroxylation sites is 2. The van der Waals surface area contributed by atoms with Gasteiger partial charge in [-0.3, -0.25) is 0 Å². The first kappa shape index (κ1) is 28.4. The maximum absolute atomic E-state index is 9.78. The summed E-state index contributed by atoms with van der Waals surface area (Å²) >= 11 is 0. The summed E-state index contributed by atoms with van der Waals surface area (Å²) in [5.74, 6) is 1.82. The van der Waals surface area contributed by atoms with Gasteiger partial charge in [0.25, 0.3) is 0 Å². The Morgan fingerprint density at radius 3 is 1.91 bits per heavy atom. The van der Waals surface area contributed by atoms with Gasteiger partial charge in [0.2, 0.25) is 0 Å². The Bertz CT molecular complexity index is 2270. The molecule has 0 aliphatic carbocycles. The van der Waals surface area contributed by atoms with Crippen molar-refractivity contribution in [2.45, 2.75) is 6.92 Å². The van der Waals surface area contributed by atoms with Crippen LogP contribution in [0.2, 0.25) is 0 Å². The summed E-state index contributed by atoms with van der Waals surface area (Å²) in [7, 11) is 0. The maximum atomic E-state index is 9.78. The monoisotopic (exact) mass is 592 g/mol. The molecular weight excluding hydrogens is 564 g/mol. The molecule has 5 aromatic carbocycles. The lowest BCUT2D eigenvalue weighted by molar-refractivity contribution is 0.668. The number of nitriles is 1. The van der Waals surface area contributed by atoms with Crippen molar-refractivity contribution < 1.29 is 4.42 Å². The van der Waals surface area contributed by atoms with Gasteiger partial charge in [-0.05, 0) is 36.3 Å². The highest BCUT2D eigenvalue weighted by Gasteiger charge is 2.14. The second-order valence-electron chi connectivity index (χ2n) is 10.7. The van der Waals surface area contributed by atoms with E-state index in [1.165, 1.54) is 0 Å². The zero-order chi connectivity index (χ0) is 31.3. The highest BCUT2D eigenvalue weighted by molar-refractivity contribution is 6.09. The second-order valence-corrected chi connectivity index (χ2v) is 10.7. The van der Waals surface area contributed by atoms with Crippen LogP contribution in [-0.4, -0.2) is 15.0 Å². The Hall–Kier alpha value is -6.38. The van der Waals surface area contributed by atoms with Gasteiger partial charge in [-0.1, -0.05) is 133 Å². The van der Waals surface area contributed by atoms with E-state index in [1.807, 2.05) is 140 Å². The molecule has 7 aromatic rings. The summed E-state index contributed by atoms with van der Waals surface area (Å²) in [4.78, 5) is 14.6. The molecule has 2 heterocycles. The maximum Gasteiger partial charge on any atom is 0.164 e. The Balaban J connectivity index is 1.31. The molecule has 0 saturated carbocycles. The topological polar surface area (TPSA) is 75.6 Å². The molecule has 0 fully saturated rings. The second kappa shape index (κ2) is 12.7. The van der Waals surface area contributed by atoms with Crippen LogP contribution in [0, 0.1) is 11.3 Å². The number of furan rings is 1. The van der Waals surface area contributed by atoms with Crippen LogP contribution in [0.3, 0.4) is 0 Å². The number of hydrogen-bond acceptors (Lipinski definition) is 5. The van der Waals surface area contributed by atoms with Gasteiger partial charge in [-0.2, -0.15) is 5.26 Å². The molecule has 0 bridgehead atoms. The molecule has 46 heavy (non-hydrogen) atoms. The van der Waals surface area contributed by atoms with E-state index in [4.69, 9.17) is 19.4 Å². The van der Waals surface area contributed by atoms with Crippen LogP contribution in [0.15, 0.2) is 156 Å². The fourth-order valence-corrected chi connectivity index (χ4v) is 5.44. The predicted octanol–water partition coefficient (Wildman–Crippen LogP) is 10.3. The molecule has 2 aromatic heterocycles. The van der Waals surface area contributed by atoms with Crippen molar-refractivity contribution in [2.75, 3.05) is 0 Å². The first-order valence-corrected chi connectivity index (χ1v) is 15.0. The van der Waals surface area contributed by atoms with Gasteiger partial charge in [-0.25, -0.2) is 15.0 Å². The van der Waals surface area contributed by atoms with E-state index in [-0.39, 0.29) is 0 Å². The van der Waals surface area contributed by atoms with Gasteiger partial charge in [0.05, 0.1) is 6.07 Å². The van der Waals surface area contributed by atoms with Crippen molar-refractivity contribution >= 4 is 33.6 Å². The minimum absolute atomic E-state index is 0.564. The number of allylic oxidation sites excluding steroid dienone is 5. The Kier molecular flexibility index (Phi) is 7.84. The van der Waals surface area contributed by atoms with Crippen LogP contribution in [0.1, 0.15) is 18.1 Å². The minimum Gasteiger partial charge on any atom is -0.455 e. The first-order valence-electron chi connectivity index (χ1n) is 15.0. The molecule has 0 atom stereocenters. The molecule has 5 heteroatoms. The Morgan fingerprint density at radius 2 is 1.24 bits per heavy atom. The summed E-state index contributed by atoms with van der Waals surface area (Å²) in [5, 5.41) is 11.9. The van der Waals surface area contributed by atoms with E-state index >= 15 is 0 Å². The van der Waals surface area contributed by atoms with E-state index in [0.717, 1.165) is 55.3 Å². The number of nitrogens with zero attached hydrogens (tertiary/aromatic N) is 4. The summed E-state index contributed by atoms with van der Waals surface area (Å²) in [5.41, 5.74) is 7.63. The van der Waals surface area contributed by atoms with E-state index in [1.54, 1.807) is 0 Å². The van der Waals surface area contributed by atoms with Gasteiger partial charge in [0.1, 0.15) is 11.2 Å². The zero-order valence-electron chi connectivity index (χ0n) is 25.1. The van der Waals surface area contributed by atoms with Gasteiger partial charge < -0.3 is 4.42 Å². The van der Waals surface area contributed by atoms with Crippen LogP contribution < -0.4 is 0 Å². The Labute approximate surface area is 267 Å². The lowest BCUT2D eigenvalue weighted by Crippen LogP contribution is -2.00. The third kappa shape index (κ3) is 5.76. The van der Waals surface area contributed by atoms with Crippen LogP contribution in [0.4, 0.5) is 0 Å². The fraction of sp³-hybridized carbons (Fsp3) is 0.0244. The molecule has 0 radical (unpaired) electrons. The largest absolute Gasteiger partial charge is 0.455 e. The van der Waals surface area contributed by atoms with Crippen molar-refractivity contribution in [1.29, 1.82) is 5.26 Å². The summed E-state index contributed by atoms with van der Waals surface area (Å²) < 4.78 is 6.34. The standard InChI is InChI=1S/C41H28N4O/c1-2-28(27-42)25-32(34-20-12-21-36-35-19-9-10-22-37(35)46-38(34)36)24-23-29-13-11-18-33(26-29)41-44-39(30-14-5-3-6-15-30)43-40(45-41)31-16-7-4-8-17-31/h2-26H,1H3/b24-23+,28-2+,32-25+. The zero-order valence-corrected chi connectivity index (χ0v) is 25.1. The van der Waals surface area contributed by atoms with Crippen LogP contribution >= 0.6 is 0 Å². The first-order chi connectivity index (χ1) is 22.7. The average Bonchev–Trinajstić information content (AvgIpc) is 3.52. The van der Waals surface area contributed by atoms with Crippen LogP contribution in [0.5, 0.6) is 0 Å². The lowest BCUT2D eigenvalue weighted by Gasteiger charge is -2.09. The van der Waals surface area contributed by atoms with E-state index < -0.39 is 0 Å². The van der Waals surface area contributed by atoms with E-state index in [0.29, 0.717) is 23.0 Å². The molecule has 0 saturated heterocycles. The van der Waals surface area contributed by atoms with E-state index in [9.17, 15) is 5.26 Å². The normalized spacial score (nSPS) is 12.2. The third-order valence-electron chi connectivity index (χ3n) is 7.77. The third-order valence-corrected chi connectivity index (χ3v) is 7.77. The molecular formula is C41H28N4O. The SMILES string of the molecule is C\C=C(C#N)/C=C(\C=C\c1cccc(-c2nc(-c3ccccc3)nc(-c3ccccc3)n2)c1)c1cccc2c1oc1ccccc12. The molecule has 0 amide bonds. The van der Waals surface area contributed by atoms with Crippen molar-refractivity contribution in [3.05, 3.63) is 162 Å². The average molecular weight is 593 g/mol. The lowest BCUT2D eigenvalue weighted by atomic mass is 9.98. The number of fused-ring (bicyclic) bond motifs is 3. The molecule has 7 rings (SSSR count). The van der Waals surface area contributed by atoms with Gasteiger partial charge >= 0.3 is 0 Å². The number of hydrogen-bond donors (Lipinski definition) is 0. The van der Waals surface area contributed by atoms with Crippen molar-refractivity contribution in [3.8, 4) is 40.2 Å². The van der Waals surface area contributed by atoms with Crippen molar-refractivity contribution in [3.63, 3.8) is 0 Å². The smallest absolute Gasteiger partial charge is 0.164 e. The molecule has 0 N–H and O–H groups in total. The molecule has 0 aliphatic heterocycles. The van der Waals surface area contributed by atoms with Crippen molar-refractivity contribution in [1.82, 2.24) is 15.0 Å². The minimum atomic E-state index is 0.564. The van der Waals surface area contributed by atoms with Gasteiger partial charge in [-0.15, -0.1) is 0 Å². The fourth-order valence-electron chi connectivity index (χ4n) is 5.44. The number of benzene rings is 5. The molecule has 0 unspecified atom stereocenters. The Morgan fingerprint density at radius 1 is 0.652 bits per heavy atom. The molecule has 5 nitrogen and oxygen atoms in total. The number of rotatable bonds is 7. The molecule has 218 valence electrons. The van der Waals surface area contributed by atoms with Crippen LogP contribution in [0.25, 0.3) is 67.8 Å². The van der Waals surface area contributed by atoms with Gasteiger partial charge in [0, 0.05) is 38.6 Å². The predicted molar refractivity (Wildman–Crippen MR) is 186 cm³/mol.